The summed E-state index contributed by atoms with van der Waals surface area (Å²) >= 11 is 0. The molecule has 0 aliphatic heterocycles. The molecule has 0 saturated carbocycles. The Morgan fingerprint density at radius 1 is 1.50 bits per heavy atom. The van der Waals surface area contributed by atoms with Gasteiger partial charge in [0, 0.05) is 6.54 Å². The Hall–Kier alpha value is 0.170. The van der Waals surface area contributed by atoms with Gasteiger partial charge >= 0.3 is 0 Å². The number of carbonyl (C=O) groups is 1. The maximum atomic E-state index is 11.4. The molecule has 12 heavy (non-hydrogen) atoms. The summed E-state index contributed by atoms with van der Waals surface area (Å²) in [6, 6.07) is 0. The number of carbonyl (C=O) groups excluding carboxylic acids is 1. The number of hydrogen-bond donors (Lipinski definition) is 1. The number of amides is 1. The Morgan fingerprint density at radius 3 is 2.42 bits per heavy atom. The van der Waals surface area contributed by atoms with Gasteiger partial charge in [-0.3, -0.25) is 4.79 Å². The first-order valence-corrected chi connectivity index (χ1v) is 6.72. The van der Waals surface area contributed by atoms with Crippen molar-refractivity contribution < 1.29 is 4.79 Å². The van der Waals surface area contributed by atoms with Crippen LogP contribution in [0.25, 0.3) is 0 Å². The van der Waals surface area contributed by atoms with Crippen molar-refractivity contribution in [1.29, 1.82) is 0 Å². The van der Waals surface area contributed by atoms with E-state index in [2.05, 4.69) is 19.2 Å². The minimum atomic E-state index is 0.0833. The van der Waals surface area contributed by atoms with Crippen LogP contribution in [0.3, 0.4) is 0 Å². The van der Waals surface area contributed by atoms with Crippen LogP contribution < -0.4 is 5.32 Å². The first-order chi connectivity index (χ1) is 5.63. The maximum Gasteiger partial charge on any atom is 0.234 e. The van der Waals surface area contributed by atoms with Gasteiger partial charge in [-0.1, -0.05) is 35.4 Å². The molecule has 1 amide bonds. The van der Waals surface area contributed by atoms with Crippen molar-refractivity contribution in [2.24, 2.45) is 5.92 Å². The second-order valence-corrected chi connectivity index (χ2v) is 5.43. The van der Waals surface area contributed by atoms with Crippen molar-refractivity contribution in [2.45, 2.75) is 26.0 Å². The molecular formula is C8H17NOS2. The topological polar surface area (TPSA) is 29.1 Å². The molecule has 0 fully saturated rings. The fourth-order valence-electron chi connectivity index (χ4n) is 0.836. The predicted octanol–water partition coefficient (Wildman–Crippen LogP) is 2.16. The molecule has 0 rings (SSSR count). The van der Waals surface area contributed by atoms with Crippen LogP contribution in [-0.4, -0.2) is 24.0 Å². The molecule has 0 saturated heterocycles. The summed E-state index contributed by atoms with van der Waals surface area (Å²) in [5.41, 5.74) is 0. The molecule has 2 nitrogen and oxygen atoms in total. The highest BCUT2D eigenvalue weighted by Crippen LogP contribution is 2.28. The number of hydrogen-bond acceptors (Lipinski definition) is 3. The van der Waals surface area contributed by atoms with Gasteiger partial charge in [0.15, 0.2) is 0 Å². The Kier molecular flexibility index (Phi) is 6.76. The molecule has 0 spiro atoms. The minimum absolute atomic E-state index is 0.0833. The highest BCUT2D eigenvalue weighted by Gasteiger charge is 2.21. The number of nitrogens with one attached hydrogen (secondary N) is 1. The van der Waals surface area contributed by atoms with E-state index < -0.39 is 0 Å². The fraction of sp³-hybridized carbons (Fsp3) is 0.875. The van der Waals surface area contributed by atoms with E-state index in [1.807, 2.05) is 13.2 Å². The molecule has 0 radical (unpaired) electrons. The highest BCUT2D eigenvalue weighted by atomic mass is 33.1. The smallest absolute Gasteiger partial charge is 0.234 e. The Labute approximate surface area is 82.7 Å². The molecule has 0 aromatic carbocycles. The molecule has 0 bridgehead atoms. The lowest BCUT2D eigenvalue weighted by atomic mass is 10.1. The second kappa shape index (κ2) is 6.66. The van der Waals surface area contributed by atoms with Crippen LogP contribution in [0, 0.1) is 5.92 Å². The lowest BCUT2D eigenvalue weighted by Gasteiger charge is -2.17. The van der Waals surface area contributed by atoms with Crippen LogP contribution in [0.4, 0.5) is 0 Å². The summed E-state index contributed by atoms with van der Waals surface area (Å²) in [6.07, 6.45) is 2.00. The van der Waals surface area contributed by atoms with E-state index in [0.29, 0.717) is 5.92 Å². The van der Waals surface area contributed by atoms with E-state index in [4.69, 9.17) is 0 Å². The maximum absolute atomic E-state index is 11.4. The third kappa shape index (κ3) is 4.26. The quantitative estimate of drug-likeness (QED) is 0.700. The molecular weight excluding hydrogens is 190 g/mol. The molecule has 0 aromatic heterocycles. The van der Waals surface area contributed by atoms with E-state index in [-0.39, 0.29) is 11.2 Å². The van der Waals surface area contributed by atoms with Gasteiger partial charge in [0.2, 0.25) is 5.91 Å². The van der Waals surface area contributed by atoms with Gasteiger partial charge < -0.3 is 5.32 Å². The lowest BCUT2D eigenvalue weighted by molar-refractivity contribution is -0.121. The van der Waals surface area contributed by atoms with E-state index >= 15 is 0 Å². The van der Waals surface area contributed by atoms with Crippen LogP contribution in [-0.2, 0) is 4.79 Å². The van der Waals surface area contributed by atoms with Crippen LogP contribution in [0.15, 0.2) is 0 Å². The molecule has 0 unspecified atom stereocenters. The zero-order valence-corrected chi connectivity index (χ0v) is 9.72. The largest absolute Gasteiger partial charge is 0.355 e. The predicted molar refractivity (Wildman–Crippen MR) is 58.4 cm³/mol. The third-order valence-electron chi connectivity index (χ3n) is 1.41. The average molecular weight is 207 g/mol. The summed E-state index contributed by atoms with van der Waals surface area (Å²) in [6.45, 7) is 6.81. The van der Waals surface area contributed by atoms with Crippen molar-refractivity contribution >= 4 is 27.5 Å². The lowest BCUT2D eigenvalue weighted by Crippen LogP contribution is -2.35. The van der Waals surface area contributed by atoms with Gasteiger partial charge in [0.1, 0.15) is 0 Å². The SMILES string of the molecule is CCNC(=O)[C@@H](SSC)C(C)C. The normalized spacial score (nSPS) is 13.1. The van der Waals surface area contributed by atoms with Crippen LogP contribution in [0.2, 0.25) is 0 Å². The summed E-state index contributed by atoms with van der Waals surface area (Å²) in [7, 11) is 3.29. The van der Waals surface area contributed by atoms with Crippen molar-refractivity contribution in [3.63, 3.8) is 0 Å². The Balaban J connectivity index is 4.00. The summed E-state index contributed by atoms with van der Waals surface area (Å²) in [4.78, 5) is 11.4. The third-order valence-corrected chi connectivity index (χ3v) is 3.77. The van der Waals surface area contributed by atoms with Gasteiger partial charge in [-0.25, -0.2) is 0 Å². The van der Waals surface area contributed by atoms with E-state index in [0.717, 1.165) is 6.54 Å². The molecule has 0 aliphatic carbocycles. The monoisotopic (exact) mass is 207 g/mol. The van der Waals surface area contributed by atoms with Gasteiger partial charge in [-0.2, -0.15) is 0 Å². The summed E-state index contributed by atoms with van der Waals surface area (Å²) in [5, 5.41) is 2.92. The van der Waals surface area contributed by atoms with E-state index in [9.17, 15) is 4.79 Å². The summed E-state index contributed by atoms with van der Waals surface area (Å²) < 4.78 is 0. The van der Waals surface area contributed by atoms with Crippen LogP contribution in [0.5, 0.6) is 0 Å². The Bertz CT molecular complexity index is 139. The second-order valence-electron chi connectivity index (χ2n) is 2.82. The minimum Gasteiger partial charge on any atom is -0.355 e. The standard InChI is InChI=1S/C8H17NOS2/c1-5-9-8(10)7(6(2)3)12-11-4/h6-7H,5H2,1-4H3,(H,9,10)/t7-/m0/s1. The molecule has 1 atom stereocenters. The van der Waals surface area contributed by atoms with Crippen molar-refractivity contribution in [2.75, 3.05) is 12.8 Å². The average Bonchev–Trinajstić information content (AvgIpc) is 1.99. The van der Waals surface area contributed by atoms with Gasteiger partial charge in [0.05, 0.1) is 5.25 Å². The molecule has 72 valence electrons. The van der Waals surface area contributed by atoms with Crippen molar-refractivity contribution in [3.05, 3.63) is 0 Å². The van der Waals surface area contributed by atoms with E-state index in [1.54, 1.807) is 21.6 Å². The highest BCUT2D eigenvalue weighted by molar-refractivity contribution is 8.76. The molecule has 0 aromatic rings. The van der Waals surface area contributed by atoms with Crippen LogP contribution >= 0.6 is 21.6 Å². The van der Waals surface area contributed by atoms with Crippen molar-refractivity contribution in [1.82, 2.24) is 5.32 Å². The van der Waals surface area contributed by atoms with Gasteiger partial charge in [0.25, 0.3) is 0 Å². The summed E-state index contributed by atoms with van der Waals surface area (Å²) in [5.74, 6) is 0.556. The zero-order valence-electron chi connectivity index (χ0n) is 8.09. The first-order valence-electron chi connectivity index (χ1n) is 4.10. The van der Waals surface area contributed by atoms with E-state index in [1.165, 1.54) is 0 Å². The van der Waals surface area contributed by atoms with Gasteiger partial charge in [-0.05, 0) is 19.1 Å². The zero-order chi connectivity index (χ0) is 9.56. The van der Waals surface area contributed by atoms with Gasteiger partial charge in [-0.15, -0.1) is 0 Å². The molecule has 0 aliphatic rings. The first kappa shape index (κ1) is 12.2. The molecule has 0 heterocycles. The van der Waals surface area contributed by atoms with Crippen LogP contribution in [0.1, 0.15) is 20.8 Å². The fourth-order valence-corrected chi connectivity index (χ4v) is 2.99. The molecule has 4 heteroatoms. The number of rotatable bonds is 5. The van der Waals surface area contributed by atoms with Crippen molar-refractivity contribution in [3.8, 4) is 0 Å². The molecule has 1 N–H and O–H groups in total. The Morgan fingerprint density at radius 2 is 2.08 bits per heavy atom.